The van der Waals surface area contributed by atoms with Gasteiger partial charge in [-0.3, -0.25) is 4.99 Å². The minimum absolute atomic E-state index is 0.287. The Morgan fingerprint density at radius 2 is 2.00 bits per heavy atom. The Balaban J connectivity index is 3.25. The van der Waals surface area contributed by atoms with E-state index in [1.807, 2.05) is 0 Å². The van der Waals surface area contributed by atoms with Gasteiger partial charge in [-0.15, -0.1) is 0 Å². The summed E-state index contributed by atoms with van der Waals surface area (Å²) in [6.45, 7) is 5.36. The number of aliphatic imine (C=N–C) groups is 1. The summed E-state index contributed by atoms with van der Waals surface area (Å²) in [5.41, 5.74) is 1.22. The summed E-state index contributed by atoms with van der Waals surface area (Å²) in [5, 5.41) is 0. The standard InChI is InChI=1S/C11H13NO2S/c1-9(2)12-8-10-6-4-5-7-11(10)15(3,13)14/h4-8H,1H2,2-3H3. The Morgan fingerprint density at radius 1 is 1.40 bits per heavy atom. The Hall–Kier alpha value is -1.42. The molecule has 1 aromatic rings. The number of rotatable bonds is 3. The summed E-state index contributed by atoms with van der Waals surface area (Å²) < 4.78 is 22.8. The van der Waals surface area contributed by atoms with Gasteiger partial charge in [0.1, 0.15) is 0 Å². The lowest BCUT2D eigenvalue weighted by Crippen LogP contribution is -2.01. The topological polar surface area (TPSA) is 46.5 Å². The van der Waals surface area contributed by atoms with E-state index in [9.17, 15) is 8.42 Å². The number of hydrogen-bond acceptors (Lipinski definition) is 3. The molecule has 80 valence electrons. The van der Waals surface area contributed by atoms with E-state index < -0.39 is 9.84 Å². The fourth-order valence-corrected chi connectivity index (χ4v) is 1.98. The predicted octanol–water partition coefficient (Wildman–Crippen LogP) is 2.04. The maximum Gasteiger partial charge on any atom is 0.176 e. The van der Waals surface area contributed by atoms with Gasteiger partial charge in [0.05, 0.1) is 4.90 Å². The van der Waals surface area contributed by atoms with Crippen LogP contribution >= 0.6 is 0 Å². The van der Waals surface area contributed by atoms with Gasteiger partial charge in [-0.2, -0.15) is 0 Å². The molecule has 1 aromatic carbocycles. The molecule has 0 atom stereocenters. The van der Waals surface area contributed by atoms with E-state index in [2.05, 4.69) is 11.6 Å². The van der Waals surface area contributed by atoms with Crippen LogP contribution in [0.1, 0.15) is 12.5 Å². The van der Waals surface area contributed by atoms with Gasteiger partial charge in [0.2, 0.25) is 0 Å². The molecule has 0 N–H and O–H groups in total. The third-order valence-corrected chi connectivity index (χ3v) is 2.91. The number of hydrogen-bond donors (Lipinski definition) is 0. The molecule has 3 nitrogen and oxygen atoms in total. The lowest BCUT2D eigenvalue weighted by Gasteiger charge is -2.02. The highest BCUT2D eigenvalue weighted by atomic mass is 32.2. The highest BCUT2D eigenvalue weighted by Crippen LogP contribution is 2.13. The third kappa shape index (κ3) is 3.32. The summed E-state index contributed by atoms with van der Waals surface area (Å²) >= 11 is 0. The zero-order valence-electron chi connectivity index (χ0n) is 8.77. The SMILES string of the molecule is C=C(C)N=Cc1ccccc1S(C)(=O)=O. The maximum absolute atomic E-state index is 11.4. The van der Waals surface area contributed by atoms with Gasteiger partial charge in [0.15, 0.2) is 9.84 Å². The summed E-state index contributed by atoms with van der Waals surface area (Å²) in [4.78, 5) is 4.27. The van der Waals surface area contributed by atoms with Gasteiger partial charge < -0.3 is 0 Å². The predicted molar refractivity (Wildman–Crippen MR) is 62.0 cm³/mol. The Bertz CT molecular complexity index is 501. The zero-order chi connectivity index (χ0) is 11.5. The van der Waals surface area contributed by atoms with Crippen molar-refractivity contribution in [3.05, 3.63) is 42.1 Å². The van der Waals surface area contributed by atoms with Crippen molar-refractivity contribution in [3.8, 4) is 0 Å². The van der Waals surface area contributed by atoms with Crippen molar-refractivity contribution < 1.29 is 8.42 Å². The minimum Gasteiger partial charge on any atom is -0.262 e. The highest BCUT2D eigenvalue weighted by molar-refractivity contribution is 7.90. The molecule has 0 heterocycles. The molecule has 0 radical (unpaired) electrons. The van der Waals surface area contributed by atoms with E-state index >= 15 is 0 Å². The van der Waals surface area contributed by atoms with E-state index in [4.69, 9.17) is 0 Å². The molecule has 0 saturated carbocycles. The van der Waals surface area contributed by atoms with Crippen LogP contribution in [0.2, 0.25) is 0 Å². The fraction of sp³-hybridized carbons (Fsp3) is 0.182. The molecule has 0 amide bonds. The molecule has 0 aliphatic heterocycles. The second-order valence-corrected chi connectivity index (χ2v) is 5.29. The molecule has 0 bridgehead atoms. The average molecular weight is 223 g/mol. The molecule has 0 saturated heterocycles. The Morgan fingerprint density at radius 3 is 2.53 bits per heavy atom. The van der Waals surface area contributed by atoms with Crippen LogP contribution in [0.3, 0.4) is 0 Å². The molecule has 1 rings (SSSR count). The van der Waals surface area contributed by atoms with Gasteiger partial charge >= 0.3 is 0 Å². The molecular weight excluding hydrogens is 210 g/mol. The third-order valence-electron chi connectivity index (χ3n) is 1.74. The first-order valence-corrected chi connectivity index (χ1v) is 6.29. The van der Waals surface area contributed by atoms with Gasteiger partial charge in [-0.05, 0) is 13.0 Å². The molecule has 0 aromatic heterocycles. The number of allylic oxidation sites excluding steroid dienone is 1. The Kier molecular flexibility index (Phi) is 3.42. The second-order valence-electron chi connectivity index (χ2n) is 3.30. The molecular formula is C11H13NO2S. The van der Waals surface area contributed by atoms with Crippen LogP contribution in [0.25, 0.3) is 0 Å². The van der Waals surface area contributed by atoms with E-state index in [1.54, 1.807) is 31.2 Å². The van der Waals surface area contributed by atoms with E-state index in [-0.39, 0.29) is 4.90 Å². The minimum atomic E-state index is -3.20. The van der Waals surface area contributed by atoms with E-state index in [1.165, 1.54) is 12.5 Å². The number of benzene rings is 1. The fourth-order valence-electron chi connectivity index (χ4n) is 1.10. The summed E-state index contributed by atoms with van der Waals surface area (Å²) in [5.74, 6) is 0. The van der Waals surface area contributed by atoms with Gasteiger partial charge in [-0.25, -0.2) is 8.42 Å². The van der Waals surface area contributed by atoms with Crippen LogP contribution in [0, 0.1) is 0 Å². The van der Waals surface area contributed by atoms with Gasteiger partial charge in [0, 0.05) is 23.7 Å². The second kappa shape index (κ2) is 4.40. The highest BCUT2D eigenvalue weighted by Gasteiger charge is 2.10. The monoisotopic (exact) mass is 223 g/mol. The Labute approximate surface area is 90.1 Å². The smallest absolute Gasteiger partial charge is 0.176 e. The molecule has 0 fully saturated rings. The molecule has 0 aliphatic carbocycles. The molecule has 15 heavy (non-hydrogen) atoms. The van der Waals surface area contributed by atoms with Crippen molar-refractivity contribution >= 4 is 16.1 Å². The van der Waals surface area contributed by atoms with Crippen molar-refractivity contribution in [2.24, 2.45) is 4.99 Å². The summed E-state index contributed by atoms with van der Waals surface area (Å²) in [6, 6.07) is 6.74. The van der Waals surface area contributed by atoms with Gasteiger partial charge in [0.25, 0.3) is 0 Å². The number of nitrogens with zero attached hydrogens (tertiary/aromatic N) is 1. The lowest BCUT2D eigenvalue weighted by molar-refractivity contribution is 0.602. The van der Waals surface area contributed by atoms with Crippen LogP contribution in [0.5, 0.6) is 0 Å². The van der Waals surface area contributed by atoms with Gasteiger partial charge in [-0.1, -0.05) is 24.8 Å². The molecule has 0 spiro atoms. The van der Waals surface area contributed by atoms with E-state index in [0.717, 1.165) is 0 Å². The first-order chi connectivity index (χ1) is 6.91. The van der Waals surface area contributed by atoms with Crippen LogP contribution < -0.4 is 0 Å². The number of sulfone groups is 1. The molecule has 0 unspecified atom stereocenters. The van der Waals surface area contributed by atoms with Crippen molar-refractivity contribution in [2.75, 3.05) is 6.26 Å². The first-order valence-electron chi connectivity index (χ1n) is 4.40. The average Bonchev–Trinajstić information content (AvgIpc) is 2.13. The lowest BCUT2D eigenvalue weighted by atomic mass is 10.2. The molecule has 4 heteroatoms. The summed E-state index contributed by atoms with van der Waals surface area (Å²) in [7, 11) is -3.20. The van der Waals surface area contributed by atoms with Crippen LogP contribution in [-0.2, 0) is 9.84 Å². The maximum atomic E-state index is 11.4. The van der Waals surface area contributed by atoms with Crippen molar-refractivity contribution in [3.63, 3.8) is 0 Å². The largest absolute Gasteiger partial charge is 0.262 e. The van der Waals surface area contributed by atoms with Crippen molar-refractivity contribution in [1.29, 1.82) is 0 Å². The zero-order valence-corrected chi connectivity index (χ0v) is 9.58. The van der Waals surface area contributed by atoms with Crippen molar-refractivity contribution in [2.45, 2.75) is 11.8 Å². The van der Waals surface area contributed by atoms with Crippen molar-refractivity contribution in [1.82, 2.24) is 0 Å². The van der Waals surface area contributed by atoms with Crippen LogP contribution in [0.4, 0.5) is 0 Å². The van der Waals surface area contributed by atoms with Crippen LogP contribution in [-0.4, -0.2) is 20.9 Å². The quantitative estimate of drug-likeness (QED) is 0.736. The molecule has 0 aliphatic rings. The van der Waals surface area contributed by atoms with E-state index in [0.29, 0.717) is 11.3 Å². The van der Waals surface area contributed by atoms with Crippen LogP contribution in [0.15, 0.2) is 46.4 Å². The normalized spacial score (nSPS) is 11.9. The summed E-state index contributed by atoms with van der Waals surface area (Å²) in [6.07, 6.45) is 2.69. The first kappa shape index (κ1) is 11.7.